The molecule has 29 heavy (non-hydrogen) atoms. The van der Waals surface area contributed by atoms with E-state index in [1.165, 1.54) is 12.1 Å². The lowest BCUT2D eigenvalue weighted by Crippen LogP contribution is -2.53. The van der Waals surface area contributed by atoms with Gasteiger partial charge in [-0.1, -0.05) is 25.4 Å². The van der Waals surface area contributed by atoms with Gasteiger partial charge in [-0.05, 0) is 24.8 Å². The van der Waals surface area contributed by atoms with E-state index in [2.05, 4.69) is 10.6 Å². The molecular weight excluding hydrogens is 400 g/mol. The number of hydrogen-bond donors (Lipinski definition) is 2. The second kappa shape index (κ2) is 9.69. The van der Waals surface area contributed by atoms with Crippen LogP contribution in [0.5, 0.6) is 0 Å². The number of nitrogens with zero attached hydrogens (tertiary/aromatic N) is 2. The van der Waals surface area contributed by atoms with Crippen molar-refractivity contribution in [2.24, 2.45) is 11.8 Å². The number of carbonyl (C=O) groups is 3. The molecule has 0 aromatic heterocycles. The first-order chi connectivity index (χ1) is 13.6. The topological polar surface area (TPSA) is 122 Å². The number of nitrogens with one attached hydrogen (secondary N) is 2. The summed E-state index contributed by atoms with van der Waals surface area (Å²) >= 11 is 6.02. The zero-order valence-electron chi connectivity index (χ0n) is 16.6. The lowest BCUT2D eigenvalue weighted by atomic mass is 9.94. The molecule has 3 amide bonds. The van der Waals surface area contributed by atoms with E-state index in [0.717, 1.165) is 6.07 Å². The SMILES string of the molecule is CNC(=O)C1CCN(C(=O)C(NC(=O)c2ccc([N+](=O)[O-])cc2Cl)C(C)C)CC1. The molecule has 9 nitrogen and oxygen atoms in total. The first kappa shape index (κ1) is 22.6. The average molecular weight is 425 g/mol. The van der Waals surface area contributed by atoms with E-state index in [4.69, 9.17) is 11.6 Å². The third-order valence-corrected chi connectivity index (χ3v) is 5.36. The smallest absolute Gasteiger partial charge is 0.270 e. The Morgan fingerprint density at radius 3 is 2.34 bits per heavy atom. The van der Waals surface area contributed by atoms with E-state index in [1.807, 2.05) is 13.8 Å². The van der Waals surface area contributed by atoms with Crippen molar-refractivity contribution < 1.29 is 19.3 Å². The van der Waals surface area contributed by atoms with Crippen LogP contribution in [-0.2, 0) is 9.59 Å². The first-order valence-corrected chi connectivity index (χ1v) is 9.78. The minimum Gasteiger partial charge on any atom is -0.359 e. The summed E-state index contributed by atoms with van der Waals surface area (Å²) in [5.74, 6) is -1.12. The van der Waals surface area contributed by atoms with Crippen LogP contribution in [0.2, 0.25) is 5.02 Å². The van der Waals surface area contributed by atoms with Crippen LogP contribution in [0, 0.1) is 22.0 Å². The highest BCUT2D eigenvalue weighted by atomic mass is 35.5. The van der Waals surface area contributed by atoms with E-state index in [-0.39, 0.29) is 39.9 Å². The minimum absolute atomic E-state index is 0.0291. The zero-order chi connectivity index (χ0) is 21.7. The summed E-state index contributed by atoms with van der Waals surface area (Å²) in [6, 6.07) is 2.79. The largest absolute Gasteiger partial charge is 0.359 e. The lowest BCUT2D eigenvalue weighted by molar-refractivity contribution is -0.384. The third kappa shape index (κ3) is 5.44. The number of non-ortho nitro benzene ring substituents is 1. The molecule has 1 aliphatic rings. The quantitative estimate of drug-likeness (QED) is 0.534. The van der Waals surface area contributed by atoms with Crippen LogP contribution in [0.4, 0.5) is 5.69 Å². The summed E-state index contributed by atoms with van der Waals surface area (Å²) in [6.07, 6.45) is 1.14. The van der Waals surface area contributed by atoms with Crippen molar-refractivity contribution in [2.45, 2.75) is 32.7 Å². The number of halogens is 1. The van der Waals surface area contributed by atoms with E-state index < -0.39 is 16.9 Å². The summed E-state index contributed by atoms with van der Waals surface area (Å²) in [6.45, 7) is 4.51. The Labute approximate surface area is 173 Å². The molecule has 1 atom stereocenters. The van der Waals surface area contributed by atoms with Gasteiger partial charge in [-0.2, -0.15) is 0 Å². The molecule has 0 aliphatic carbocycles. The predicted molar refractivity (Wildman–Crippen MR) is 108 cm³/mol. The number of likely N-dealkylation sites (tertiary alicyclic amines) is 1. The van der Waals surface area contributed by atoms with E-state index in [9.17, 15) is 24.5 Å². The van der Waals surface area contributed by atoms with Gasteiger partial charge in [-0.3, -0.25) is 24.5 Å². The second-order valence-electron chi connectivity index (χ2n) is 7.33. The highest BCUT2D eigenvalue weighted by Crippen LogP contribution is 2.23. The molecule has 0 spiro atoms. The number of amides is 3. The highest BCUT2D eigenvalue weighted by molar-refractivity contribution is 6.34. The Morgan fingerprint density at radius 1 is 1.24 bits per heavy atom. The van der Waals surface area contributed by atoms with Gasteiger partial charge >= 0.3 is 0 Å². The van der Waals surface area contributed by atoms with Crippen LogP contribution in [0.25, 0.3) is 0 Å². The molecule has 1 heterocycles. The Balaban J connectivity index is 2.08. The number of benzene rings is 1. The van der Waals surface area contributed by atoms with E-state index in [0.29, 0.717) is 25.9 Å². The van der Waals surface area contributed by atoms with Gasteiger partial charge in [0.15, 0.2) is 0 Å². The lowest BCUT2D eigenvalue weighted by Gasteiger charge is -2.34. The van der Waals surface area contributed by atoms with Crippen molar-refractivity contribution >= 4 is 35.0 Å². The van der Waals surface area contributed by atoms with Crippen LogP contribution in [0.3, 0.4) is 0 Å². The molecule has 0 radical (unpaired) electrons. The maximum atomic E-state index is 13.0. The molecule has 1 aliphatic heterocycles. The first-order valence-electron chi connectivity index (χ1n) is 9.40. The maximum Gasteiger partial charge on any atom is 0.270 e. The van der Waals surface area contributed by atoms with Gasteiger partial charge in [0.05, 0.1) is 15.5 Å². The summed E-state index contributed by atoms with van der Waals surface area (Å²) in [7, 11) is 1.59. The number of piperidine rings is 1. The van der Waals surface area contributed by atoms with Gasteiger partial charge in [0.2, 0.25) is 11.8 Å². The van der Waals surface area contributed by atoms with Gasteiger partial charge in [0.1, 0.15) is 6.04 Å². The van der Waals surface area contributed by atoms with Gasteiger partial charge < -0.3 is 15.5 Å². The van der Waals surface area contributed by atoms with Gasteiger partial charge in [-0.25, -0.2) is 0 Å². The van der Waals surface area contributed by atoms with E-state index in [1.54, 1.807) is 11.9 Å². The third-order valence-electron chi connectivity index (χ3n) is 5.05. The maximum absolute atomic E-state index is 13.0. The van der Waals surface area contributed by atoms with Crippen molar-refractivity contribution in [3.63, 3.8) is 0 Å². The van der Waals surface area contributed by atoms with Crippen LogP contribution < -0.4 is 10.6 Å². The van der Waals surface area contributed by atoms with Crippen LogP contribution >= 0.6 is 11.6 Å². The summed E-state index contributed by atoms with van der Waals surface area (Å²) in [5.41, 5.74) is -0.156. The number of hydrogen-bond acceptors (Lipinski definition) is 5. The van der Waals surface area contributed by atoms with Crippen molar-refractivity contribution in [3.8, 4) is 0 Å². The normalized spacial score (nSPS) is 15.7. The van der Waals surface area contributed by atoms with Crippen LogP contribution in [-0.4, -0.2) is 53.7 Å². The van der Waals surface area contributed by atoms with Crippen molar-refractivity contribution in [3.05, 3.63) is 38.9 Å². The fourth-order valence-electron chi connectivity index (χ4n) is 3.30. The Morgan fingerprint density at radius 2 is 1.86 bits per heavy atom. The monoisotopic (exact) mass is 424 g/mol. The standard InChI is InChI=1S/C19H25ClN4O5/c1-11(2)16(19(27)23-8-6-12(7-9-23)17(25)21-3)22-18(26)14-5-4-13(24(28)29)10-15(14)20/h4-5,10-12,16H,6-9H2,1-3H3,(H,21,25)(H,22,26). The summed E-state index contributed by atoms with van der Waals surface area (Å²) < 4.78 is 0. The average Bonchev–Trinajstić information content (AvgIpc) is 2.70. The Kier molecular flexibility index (Phi) is 7.55. The number of nitro groups is 1. The summed E-state index contributed by atoms with van der Waals surface area (Å²) in [4.78, 5) is 49.2. The summed E-state index contributed by atoms with van der Waals surface area (Å²) in [5, 5.41) is 16.1. The Hall–Kier alpha value is -2.68. The molecule has 1 saturated heterocycles. The number of nitro benzene ring substituents is 1. The molecule has 10 heteroatoms. The highest BCUT2D eigenvalue weighted by Gasteiger charge is 2.33. The Bertz CT molecular complexity index is 806. The second-order valence-corrected chi connectivity index (χ2v) is 7.74. The molecule has 2 rings (SSSR count). The molecular formula is C19H25ClN4O5. The van der Waals surface area contributed by atoms with Gasteiger partial charge in [-0.15, -0.1) is 0 Å². The number of carbonyl (C=O) groups excluding carboxylic acids is 3. The fraction of sp³-hybridized carbons (Fsp3) is 0.526. The predicted octanol–water partition coefficient (Wildman–Crippen LogP) is 1.99. The molecule has 1 aromatic rings. The molecule has 2 N–H and O–H groups in total. The van der Waals surface area contributed by atoms with Crippen molar-refractivity contribution in [1.82, 2.24) is 15.5 Å². The van der Waals surface area contributed by atoms with Gasteiger partial charge in [0.25, 0.3) is 11.6 Å². The molecule has 1 aromatic carbocycles. The van der Waals surface area contributed by atoms with Crippen LogP contribution in [0.1, 0.15) is 37.0 Å². The van der Waals surface area contributed by atoms with Crippen molar-refractivity contribution in [2.75, 3.05) is 20.1 Å². The van der Waals surface area contributed by atoms with Crippen LogP contribution in [0.15, 0.2) is 18.2 Å². The molecule has 0 saturated carbocycles. The molecule has 1 unspecified atom stereocenters. The molecule has 158 valence electrons. The van der Waals surface area contributed by atoms with E-state index >= 15 is 0 Å². The number of rotatable bonds is 6. The minimum atomic E-state index is -0.773. The van der Waals surface area contributed by atoms with Crippen molar-refractivity contribution in [1.29, 1.82) is 0 Å². The zero-order valence-corrected chi connectivity index (χ0v) is 17.4. The molecule has 1 fully saturated rings. The fourth-order valence-corrected chi connectivity index (χ4v) is 3.56. The van der Waals surface area contributed by atoms with Gasteiger partial charge in [0, 0.05) is 38.2 Å². The molecule has 0 bridgehead atoms.